The van der Waals surface area contributed by atoms with Gasteiger partial charge >= 0.3 is 0 Å². The van der Waals surface area contributed by atoms with Gasteiger partial charge in [0.1, 0.15) is 5.76 Å². The van der Waals surface area contributed by atoms with Crippen LogP contribution in [0.1, 0.15) is 28.5 Å². The van der Waals surface area contributed by atoms with Gasteiger partial charge in [-0.05, 0) is 38.1 Å². The standard InChI is InChI=1S/C13H17NOS/c1-10-5-6-13(16-10)11(2)14-8-7-12-4-3-9-15-12/h3-6,9,11,14H,7-8H2,1-2H3. The van der Waals surface area contributed by atoms with Gasteiger partial charge in [-0.25, -0.2) is 0 Å². The first-order valence-corrected chi connectivity index (χ1v) is 6.39. The SMILES string of the molecule is Cc1ccc(C(C)NCCc2ccco2)s1. The smallest absolute Gasteiger partial charge is 0.105 e. The zero-order valence-corrected chi connectivity index (χ0v) is 10.5. The van der Waals surface area contributed by atoms with E-state index in [1.165, 1.54) is 9.75 Å². The molecule has 0 amide bonds. The molecule has 2 aromatic heterocycles. The summed E-state index contributed by atoms with van der Waals surface area (Å²) in [6, 6.07) is 8.74. The quantitative estimate of drug-likeness (QED) is 0.857. The van der Waals surface area contributed by atoms with Gasteiger partial charge in [0.25, 0.3) is 0 Å². The lowest BCUT2D eigenvalue weighted by atomic mass is 10.2. The fourth-order valence-corrected chi connectivity index (χ4v) is 2.56. The van der Waals surface area contributed by atoms with E-state index in [9.17, 15) is 0 Å². The zero-order chi connectivity index (χ0) is 11.4. The molecule has 0 saturated heterocycles. The minimum atomic E-state index is 0.425. The summed E-state index contributed by atoms with van der Waals surface area (Å²) in [5, 5.41) is 3.50. The summed E-state index contributed by atoms with van der Waals surface area (Å²) in [7, 11) is 0. The molecule has 0 aliphatic heterocycles. The molecule has 1 N–H and O–H groups in total. The molecule has 0 saturated carbocycles. The fraction of sp³-hybridized carbons (Fsp3) is 0.385. The second-order valence-electron chi connectivity index (χ2n) is 3.95. The summed E-state index contributed by atoms with van der Waals surface area (Å²) in [6.07, 6.45) is 2.67. The first-order valence-electron chi connectivity index (χ1n) is 5.58. The van der Waals surface area contributed by atoms with Crippen LogP contribution in [0.2, 0.25) is 0 Å². The Morgan fingerprint density at radius 1 is 1.38 bits per heavy atom. The van der Waals surface area contributed by atoms with E-state index in [0.29, 0.717) is 6.04 Å². The molecule has 2 rings (SSSR count). The second-order valence-corrected chi connectivity index (χ2v) is 5.27. The van der Waals surface area contributed by atoms with Gasteiger partial charge in [-0.15, -0.1) is 11.3 Å². The largest absolute Gasteiger partial charge is 0.469 e. The molecule has 0 spiro atoms. The van der Waals surface area contributed by atoms with Crippen molar-refractivity contribution in [2.75, 3.05) is 6.54 Å². The number of hydrogen-bond acceptors (Lipinski definition) is 3. The van der Waals surface area contributed by atoms with Crippen LogP contribution in [0.4, 0.5) is 0 Å². The van der Waals surface area contributed by atoms with E-state index in [1.807, 2.05) is 23.5 Å². The zero-order valence-electron chi connectivity index (χ0n) is 9.69. The van der Waals surface area contributed by atoms with Gasteiger partial charge in [-0.2, -0.15) is 0 Å². The highest BCUT2D eigenvalue weighted by Gasteiger charge is 2.06. The molecule has 0 radical (unpaired) electrons. The molecular formula is C13H17NOS. The predicted molar refractivity (Wildman–Crippen MR) is 67.9 cm³/mol. The van der Waals surface area contributed by atoms with Crippen molar-refractivity contribution in [3.8, 4) is 0 Å². The summed E-state index contributed by atoms with van der Waals surface area (Å²) in [5.74, 6) is 1.04. The molecule has 86 valence electrons. The first-order chi connectivity index (χ1) is 7.75. The highest BCUT2D eigenvalue weighted by molar-refractivity contribution is 7.12. The Hall–Kier alpha value is -1.06. The van der Waals surface area contributed by atoms with Gasteiger partial charge in [-0.1, -0.05) is 0 Å². The lowest BCUT2D eigenvalue weighted by Gasteiger charge is -2.10. The van der Waals surface area contributed by atoms with Gasteiger partial charge in [-0.3, -0.25) is 0 Å². The van der Waals surface area contributed by atoms with Gasteiger partial charge in [0.2, 0.25) is 0 Å². The minimum Gasteiger partial charge on any atom is -0.469 e. The van der Waals surface area contributed by atoms with Gasteiger partial charge in [0.15, 0.2) is 0 Å². The lowest BCUT2D eigenvalue weighted by molar-refractivity contribution is 0.487. The van der Waals surface area contributed by atoms with Crippen LogP contribution in [-0.2, 0) is 6.42 Å². The van der Waals surface area contributed by atoms with Crippen molar-refractivity contribution in [3.05, 3.63) is 46.0 Å². The Morgan fingerprint density at radius 3 is 2.88 bits per heavy atom. The highest BCUT2D eigenvalue weighted by atomic mass is 32.1. The van der Waals surface area contributed by atoms with Crippen molar-refractivity contribution < 1.29 is 4.42 Å². The van der Waals surface area contributed by atoms with Crippen LogP contribution in [0, 0.1) is 6.92 Å². The maximum absolute atomic E-state index is 5.29. The third-order valence-electron chi connectivity index (χ3n) is 2.59. The Bertz CT molecular complexity index is 419. The van der Waals surface area contributed by atoms with E-state index in [2.05, 4.69) is 31.3 Å². The molecule has 0 aliphatic rings. The van der Waals surface area contributed by atoms with Crippen LogP contribution < -0.4 is 5.32 Å². The minimum absolute atomic E-state index is 0.425. The number of thiophene rings is 1. The highest BCUT2D eigenvalue weighted by Crippen LogP contribution is 2.22. The van der Waals surface area contributed by atoms with Crippen LogP contribution in [0.5, 0.6) is 0 Å². The molecule has 1 atom stereocenters. The lowest BCUT2D eigenvalue weighted by Crippen LogP contribution is -2.20. The molecule has 2 heterocycles. The number of nitrogens with one attached hydrogen (secondary N) is 1. The van der Waals surface area contributed by atoms with Crippen LogP contribution in [0.15, 0.2) is 34.9 Å². The summed E-state index contributed by atoms with van der Waals surface area (Å²) in [4.78, 5) is 2.77. The molecule has 16 heavy (non-hydrogen) atoms. The summed E-state index contributed by atoms with van der Waals surface area (Å²) in [6.45, 7) is 5.29. The molecule has 3 heteroatoms. The van der Waals surface area contributed by atoms with Crippen LogP contribution in [0.25, 0.3) is 0 Å². The molecule has 2 aromatic rings. The van der Waals surface area contributed by atoms with Gasteiger partial charge in [0.05, 0.1) is 6.26 Å². The van der Waals surface area contributed by atoms with Crippen molar-refractivity contribution in [1.82, 2.24) is 5.32 Å². The predicted octanol–water partition coefficient (Wildman–Crippen LogP) is 3.54. The first kappa shape index (κ1) is 11.4. The molecule has 0 aliphatic carbocycles. The van der Waals surface area contributed by atoms with E-state index < -0.39 is 0 Å². The van der Waals surface area contributed by atoms with E-state index in [-0.39, 0.29) is 0 Å². The van der Waals surface area contributed by atoms with Gasteiger partial charge < -0.3 is 9.73 Å². The third-order valence-corrected chi connectivity index (χ3v) is 3.77. The van der Waals surface area contributed by atoms with Crippen molar-refractivity contribution >= 4 is 11.3 Å². The Balaban J connectivity index is 1.78. The van der Waals surface area contributed by atoms with Crippen molar-refractivity contribution in [2.24, 2.45) is 0 Å². The molecular weight excluding hydrogens is 218 g/mol. The average Bonchev–Trinajstić information content (AvgIpc) is 2.89. The van der Waals surface area contributed by atoms with E-state index in [4.69, 9.17) is 4.42 Å². The van der Waals surface area contributed by atoms with E-state index >= 15 is 0 Å². The van der Waals surface area contributed by atoms with Crippen molar-refractivity contribution in [1.29, 1.82) is 0 Å². The molecule has 0 bridgehead atoms. The fourth-order valence-electron chi connectivity index (χ4n) is 1.65. The van der Waals surface area contributed by atoms with Crippen LogP contribution >= 0.6 is 11.3 Å². The topological polar surface area (TPSA) is 25.2 Å². The number of aryl methyl sites for hydroxylation is 1. The Kier molecular flexibility index (Phi) is 3.80. The Labute approximate surface area is 100 Å². The van der Waals surface area contributed by atoms with Crippen molar-refractivity contribution in [2.45, 2.75) is 26.3 Å². The maximum atomic E-state index is 5.29. The third kappa shape index (κ3) is 2.97. The van der Waals surface area contributed by atoms with Gasteiger partial charge in [0, 0.05) is 28.8 Å². The molecule has 0 aromatic carbocycles. The van der Waals surface area contributed by atoms with E-state index in [0.717, 1.165) is 18.7 Å². The molecule has 1 unspecified atom stereocenters. The number of hydrogen-bond donors (Lipinski definition) is 1. The monoisotopic (exact) mass is 235 g/mol. The van der Waals surface area contributed by atoms with Crippen LogP contribution in [-0.4, -0.2) is 6.54 Å². The summed E-state index contributed by atoms with van der Waals surface area (Å²) < 4.78 is 5.29. The van der Waals surface area contributed by atoms with Crippen LogP contribution in [0.3, 0.4) is 0 Å². The Morgan fingerprint density at radius 2 is 2.25 bits per heavy atom. The van der Waals surface area contributed by atoms with E-state index in [1.54, 1.807) is 6.26 Å². The average molecular weight is 235 g/mol. The summed E-state index contributed by atoms with van der Waals surface area (Å²) in [5.41, 5.74) is 0. The number of rotatable bonds is 5. The molecule has 0 fully saturated rings. The molecule has 2 nitrogen and oxygen atoms in total. The van der Waals surface area contributed by atoms with Crippen molar-refractivity contribution in [3.63, 3.8) is 0 Å². The second kappa shape index (κ2) is 5.32. The number of furan rings is 1. The summed E-state index contributed by atoms with van der Waals surface area (Å²) >= 11 is 1.86. The normalized spacial score (nSPS) is 12.9. The maximum Gasteiger partial charge on any atom is 0.105 e.